The number of nitrogens with two attached hydrogens (primary N) is 1. The van der Waals surface area contributed by atoms with E-state index in [0.29, 0.717) is 18.1 Å². The van der Waals surface area contributed by atoms with Crippen LogP contribution in [0.5, 0.6) is 0 Å². The zero-order valence-corrected chi connectivity index (χ0v) is 11.6. The fourth-order valence-electron chi connectivity index (χ4n) is 1.57. The van der Waals surface area contributed by atoms with Crippen LogP contribution in [-0.2, 0) is 11.2 Å². The SMILES string of the molecule is COC(=O)c1ccc(CCN=C(N)NC(C)C)cc1. The Morgan fingerprint density at radius 1 is 1.37 bits per heavy atom. The maximum atomic E-state index is 11.3. The minimum absolute atomic E-state index is 0.281. The summed E-state index contributed by atoms with van der Waals surface area (Å²) >= 11 is 0. The van der Waals surface area contributed by atoms with Crippen LogP contribution in [0.4, 0.5) is 0 Å². The number of rotatable bonds is 5. The Bertz CT molecular complexity index is 439. The average molecular weight is 263 g/mol. The normalized spacial score (nSPS) is 11.5. The summed E-state index contributed by atoms with van der Waals surface area (Å²) in [6, 6.07) is 7.58. The van der Waals surface area contributed by atoms with Crippen molar-refractivity contribution in [1.82, 2.24) is 5.32 Å². The van der Waals surface area contributed by atoms with E-state index in [1.54, 1.807) is 12.1 Å². The van der Waals surface area contributed by atoms with Crippen molar-refractivity contribution in [2.45, 2.75) is 26.3 Å². The van der Waals surface area contributed by atoms with Gasteiger partial charge in [0.1, 0.15) is 0 Å². The number of hydrogen-bond acceptors (Lipinski definition) is 3. The van der Waals surface area contributed by atoms with Crippen molar-refractivity contribution in [2.24, 2.45) is 10.7 Å². The van der Waals surface area contributed by atoms with E-state index in [0.717, 1.165) is 12.0 Å². The first-order valence-corrected chi connectivity index (χ1v) is 6.26. The number of methoxy groups -OCH3 is 1. The van der Waals surface area contributed by atoms with E-state index in [1.165, 1.54) is 7.11 Å². The third-order valence-electron chi connectivity index (χ3n) is 2.49. The number of guanidine groups is 1. The predicted octanol–water partition coefficient (Wildman–Crippen LogP) is 1.33. The molecule has 1 rings (SSSR count). The number of nitrogens with one attached hydrogen (secondary N) is 1. The second kappa shape index (κ2) is 7.41. The molecule has 0 aromatic heterocycles. The molecule has 3 N–H and O–H groups in total. The van der Waals surface area contributed by atoms with Crippen LogP contribution in [0.3, 0.4) is 0 Å². The van der Waals surface area contributed by atoms with Crippen LogP contribution in [0.1, 0.15) is 29.8 Å². The van der Waals surface area contributed by atoms with Gasteiger partial charge in [-0.15, -0.1) is 0 Å². The number of benzene rings is 1. The lowest BCUT2D eigenvalue weighted by Crippen LogP contribution is -2.36. The summed E-state index contributed by atoms with van der Waals surface area (Å²) in [7, 11) is 1.37. The Balaban J connectivity index is 2.48. The van der Waals surface area contributed by atoms with E-state index in [1.807, 2.05) is 26.0 Å². The topological polar surface area (TPSA) is 76.7 Å². The molecular formula is C14H21N3O2. The van der Waals surface area contributed by atoms with Crippen LogP contribution in [0.25, 0.3) is 0 Å². The fraction of sp³-hybridized carbons (Fsp3) is 0.429. The van der Waals surface area contributed by atoms with Crippen molar-refractivity contribution in [3.63, 3.8) is 0 Å². The number of nitrogens with zero attached hydrogens (tertiary/aromatic N) is 1. The average Bonchev–Trinajstić information content (AvgIpc) is 2.37. The standard InChI is InChI=1S/C14H21N3O2/c1-10(2)17-14(15)16-9-8-11-4-6-12(7-5-11)13(18)19-3/h4-7,10H,8-9H2,1-3H3,(H3,15,16,17). The highest BCUT2D eigenvalue weighted by atomic mass is 16.5. The Hall–Kier alpha value is -2.04. The maximum absolute atomic E-state index is 11.3. The third-order valence-corrected chi connectivity index (χ3v) is 2.49. The predicted molar refractivity (Wildman–Crippen MR) is 76.2 cm³/mol. The van der Waals surface area contributed by atoms with Crippen molar-refractivity contribution < 1.29 is 9.53 Å². The molecule has 5 heteroatoms. The summed E-state index contributed by atoms with van der Waals surface area (Å²) in [5, 5.41) is 3.03. The molecule has 0 spiro atoms. The van der Waals surface area contributed by atoms with Gasteiger partial charge in [0.25, 0.3) is 0 Å². The molecule has 1 aromatic carbocycles. The molecule has 0 aliphatic heterocycles. The lowest BCUT2D eigenvalue weighted by Gasteiger charge is -2.08. The minimum Gasteiger partial charge on any atom is -0.465 e. The van der Waals surface area contributed by atoms with Crippen molar-refractivity contribution in [3.8, 4) is 0 Å². The number of esters is 1. The molecular weight excluding hydrogens is 242 g/mol. The molecule has 0 heterocycles. The minimum atomic E-state index is -0.324. The van der Waals surface area contributed by atoms with Crippen molar-refractivity contribution in [3.05, 3.63) is 35.4 Å². The first-order chi connectivity index (χ1) is 9.02. The molecule has 0 unspecified atom stereocenters. The fourth-order valence-corrected chi connectivity index (χ4v) is 1.57. The Labute approximate surface area is 113 Å². The number of hydrogen-bond donors (Lipinski definition) is 2. The molecule has 0 bridgehead atoms. The van der Waals surface area contributed by atoms with Crippen molar-refractivity contribution in [2.75, 3.05) is 13.7 Å². The van der Waals surface area contributed by atoms with E-state index in [4.69, 9.17) is 5.73 Å². The Kier molecular flexibility index (Phi) is 5.85. The molecule has 0 atom stereocenters. The highest BCUT2D eigenvalue weighted by Crippen LogP contribution is 2.06. The molecule has 0 amide bonds. The summed E-state index contributed by atoms with van der Waals surface area (Å²) in [5.41, 5.74) is 7.36. The van der Waals surface area contributed by atoms with Crippen molar-refractivity contribution >= 4 is 11.9 Å². The molecule has 0 saturated carbocycles. The van der Waals surface area contributed by atoms with Gasteiger partial charge in [0.15, 0.2) is 5.96 Å². The summed E-state index contributed by atoms with van der Waals surface area (Å²) in [6.45, 7) is 4.63. The molecule has 0 saturated heterocycles. The van der Waals surface area contributed by atoms with Crippen LogP contribution in [-0.4, -0.2) is 31.6 Å². The first-order valence-electron chi connectivity index (χ1n) is 6.26. The van der Waals surface area contributed by atoms with E-state index >= 15 is 0 Å². The van der Waals surface area contributed by atoms with Crippen LogP contribution in [0.2, 0.25) is 0 Å². The van der Waals surface area contributed by atoms with Gasteiger partial charge >= 0.3 is 5.97 Å². The summed E-state index contributed by atoms with van der Waals surface area (Å²) in [6.07, 6.45) is 0.780. The third kappa shape index (κ3) is 5.42. The van der Waals surface area contributed by atoms with Gasteiger partial charge in [0.2, 0.25) is 0 Å². The second-order valence-electron chi connectivity index (χ2n) is 4.50. The summed E-state index contributed by atoms with van der Waals surface area (Å²) in [5.74, 6) is 0.135. The van der Waals surface area contributed by atoms with Crippen LogP contribution in [0, 0.1) is 0 Å². The quantitative estimate of drug-likeness (QED) is 0.477. The first kappa shape index (κ1) is 15.0. The molecule has 104 valence electrons. The number of aliphatic imine (C=N–C) groups is 1. The molecule has 0 fully saturated rings. The molecule has 0 radical (unpaired) electrons. The van der Waals surface area contributed by atoms with Gasteiger partial charge in [-0.05, 0) is 38.0 Å². The number of carbonyl (C=O) groups is 1. The van der Waals surface area contributed by atoms with E-state index in [2.05, 4.69) is 15.0 Å². The van der Waals surface area contributed by atoms with Crippen molar-refractivity contribution in [1.29, 1.82) is 0 Å². The van der Waals surface area contributed by atoms with Gasteiger partial charge in [-0.25, -0.2) is 4.79 Å². The van der Waals surface area contributed by atoms with Gasteiger partial charge in [0.05, 0.1) is 12.7 Å². The van der Waals surface area contributed by atoms with Gasteiger partial charge in [-0.2, -0.15) is 0 Å². The van der Waals surface area contributed by atoms with Gasteiger partial charge in [0, 0.05) is 12.6 Å². The highest BCUT2D eigenvalue weighted by molar-refractivity contribution is 5.89. The maximum Gasteiger partial charge on any atom is 0.337 e. The van der Waals surface area contributed by atoms with Crippen LogP contribution < -0.4 is 11.1 Å². The van der Waals surface area contributed by atoms with E-state index in [-0.39, 0.29) is 12.0 Å². The Morgan fingerprint density at radius 3 is 2.53 bits per heavy atom. The molecule has 5 nitrogen and oxygen atoms in total. The highest BCUT2D eigenvalue weighted by Gasteiger charge is 2.04. The van der Waals surface area contributed by atoms with Gasteiger partial charge in [-0.1, -0.05) is 12.1 Å². The van der Waals surface area contributed by atoms with Crippen LogP contribution >= 0.6 is 0 Å². The Morgan fingerprint density at radius 2 is 2.00 bits per heavy atom. The summed E-state index contributed by atoms with van der Waals surface area (Å²) in [4.78, 5) is 15.5. The van der Waals surface area contributed by atoms with E-state index < -0.39 is 0 Å². The van der Waals surface area contributed by atoms with Gasteiger partial charge in [-0.3, -0.25) is 4.99 Å². The second-order valence-corrected chi connectivity index (χ2v) is 4.50. The zero-order chi connectivity index (χ0) is 14.3. The molecule has 19 heavy (non-hydrogen) atoms. The lowest BCUT2D eigenvalue weighted by atomic mass is 10.1. The van der Waals surface area contributed by atoms with Gasteiger partial charge < -0.3 is 15.8 Å². The smallest absolute Gasteiger partial charge is 0.337 e. The van der Waals surface area contributed by atoms with Crippen LogP contribution in [0.15, 0.2) is 29.3 Å². The van der Waals surface area contributed by atoms with E-state index in [9.17, 15) is 4.79 Å². The number of ether oxygens (including phenoxy) is 1. The molecule has 0 aliphatic carbocycles. The summed E-state index contributed by atoms with van der Waals surface area (Å²) < 4.78 is 4.64. The zero-order valence-electron chi connectivity index (χ0n) is 11.6. The number of carbonyl (C=O) groups excluding carboxylic acids is 1. The monoisotopic (exact) mass is 263 g/mol. The molecule has 1 aromatic rings. The largest absolute Gasteiger partial charge is 0.465 e. The lowest BCUT2D eigenvalue weighted by molar-refractivity contribution is 0.0600. The molecule has 0 aliphatic rings.